The zero-order valence-electron chi connectivity index (χ0n) is 15.5. The fourth-order valence-corrected chi connectivity index (χ4v) is 4.11. The molecule has 6 heteroatoms. The van der Waals surface area contributed by atoms with E-state index < -0.39 is 10.8 Å². The SMILES string of the molecule is CCS(=O)c1ccccc1C(=O)NCC(CC(C)C)N1CCOCC1. The highest BCUT2D eigenvalue weighted by molar-refractivity contribution is 7.85. The van der Waals surface area contributed by atoms with Gasteiger partial charge in [-0.25, -0.2) is 0 Å². The minimum absolute atomic E-state index is 0.139. The molecule has 0 aliphatic carbocycles. The largest absolute Gasteiger partial charge is 0.379 e. The summed E-state index contributed by atoms with van der Waals surface area (Å²) in [6, 6.07) is 7.48. The summed E-state index contributed by atoms with van der Waals surface area (Å²) in [4.78, 5) is 15.7. The van der Waals surface area contributed by atoms with E-state index in [1.807, 2.05) is 19.1 Å². The van der Waals surface area contributed by atoms with E-state index in [0.717, 1.165) is 32.7 Å². The Balaban J connectivity index is 2.04. The number of amides is 1. The molecule has 1 N–H and O–H groups in total. The number of carbonyl (C=O) groups is 1. The summed E-state index contributed by atoms with van der Waals surface area (Å²) in [7, 11) is -1.14. The number of hydrogen-bond acceptors (Lipinski definition) is 4. The maximum Gasteiger partial charge on any atom is 0.252 e. The van der Waals surface area contributed by atoms with Crippen LogP contribution in [0.25, 0.3) is 0 Å². The van der Waals surface area contributed by atoms with Crippen LogP contribution in [-0.2, 0) is 15.5 Å². The highest BCUT2D eigenvalue weighted by Gasteiger charge is 2.23. The molecule has 0 spiro atoms. The molecular weight excluding hydrogens is 336 g/mol. The molecule has 1 aliphatic heterocycles. The van der Waals surface area contributed by atoms with Crippen molar-refractivity contribution in [1.29, 1.82) is 0 Å². The first-order chi connectivity index (χ1) is 12.0. The van der Waals surface area contributed by atoms with Gasteiger partial charge >= 0.3 is 0 Å². The molecule has 0 saturated carbocycles. The van der Waals surface area contributed by atoms with E-state index >= 15 is 0 Å². The number of nitrogens with zero attached hydrogens (tertiary/aromatic N) is 1. The second-order valence-electron chi connectivity index (χ2n) is 6.77. The lowest BCUT2D eigenvalue weighted by Crippen LogP contribution is -2.49. The van der Waals surface area contributed by atoms with Crippen molar-refractivity contribution >= 4 is 16.7 Å². The van der Waals surface area contributed by atoms with Gasteiger partial charge in [-0.3, -0.25) is 13.9 Å². The highest BCUT2D eigenvalue weighted by Crippen LogP contribution is 2.16. The standard InChI is InChI=1S/C19H30N2O3S/c1-4-25(23)18-8-6-5-7-17(18)19(22)20-14-16(13-15(2)3)21-9-11-24-12-10-21/h5-8,15-16H,4,9-14H2,1-3H3,(H,20,22). The van der Waals surface area contributed by atoms with Gasteiger partial charge in [0.1, 0.15) is 0 Å². The minimum atomic E-state index is -1.14. The van der Waals surface area contributed by atoms with Crippen molar-refractivity contribution in [3.63, 3.8) is 0 Å². The van der Waals surface area contributed by atoms with Gasteiger partial charge in [0, 0.05) is 31.4 Å². The van der Waals surface area contributed by atoms with Crippen LogP contribution in [0.2, 0.25) is 0 Å². The minimum Gasteiger partial charge on any atom is -0.379 e. The molecule has 1 amide bonds. The second-order valence-corrected chi connectivity index (χ2v) is 8.48. The van der Waals surface area contributed by atoms with Crippen LogP contribution in [0.4, 0.5) is 0 Å². The van der Waals surface area contributed by atoms with Gasteiger partial charge in [-0.1, -0.05) is 32.9 Å². The van der Waals surface area contributed by atoms with E-state index in [0.29, 0.717) is 34.7 Å². The average Bonchev–Trinajstić information content (AvgIpc) is 2.64. The molecule has 2 unspecified atom stereocenters. The highest BCUT2D eigenvalue weighted by atomic mass is 32.2. The van der Waals surface area contributed by atoms with Crippen LogP contribution < -0.4 is 5.32 Å². The van der Waals surface area contributed by atoms with Crippen LogP contribution >= 0.6 is 0 Å². The maximum atomic E-state index is 12.7. The Kier molecular flexibility index (Phi) is 8.06. The van der Waals surface area contributed by atoms with Crippen LogP contribution in [0.5, 0.6) is 0 Å². The summed E-state index contributed by atoms with van der Waals surface area (Å²) >= 11 is 0. The summed E-state index contributed by atoms with van der Waals surface area (Å²) in [6.07, 6.45) is 1.03. The molecule has 2 rings (SSSR count). The van der Waals surface area contributed by atoms with Crippen LogP contribution in [-0.4, -0.2) is 59.7 Å². The van der Waals surface area contributed by atoms with Crippen molar-refractivity contribution < 1.29 is 13.7 Å². The van der Waals surface area contributed by atoms with Crippen LogP contribution in [0.3, 0.4) is 0 Å². The molecule has 1 fully saturated rings. The van der Waals surface area contributed by atoms with Crippen LogP contribution in [0.15, 0.2) is 29.2 Å². The molecule has 1 heterocycles. The number of rotatable bonds is 8. The average molecular weight is 367 g/mol. The van der Waals surface area contributed by atoms with Gasteiger partial charge in [0.2, 0.25) is 0 Å². The topological polar surface area (TPSA) is 58.6 Å². The summed E-state index contributed by atoms with van der Waals surface area (Å²) in [5.41, 5.74) is 0.521. The summed E-state index contributed by atoms with van der Waals surface area (Å²) in [6.45, 7) is 10.2. The Labute approximate surface area is 153 Å². The van der Waals surface area contributed by atoms with Crippen molar-refractivity contribution in [3.8, 4) is 0 Å². The van der Waals surface area contributed by atoms with Crippen molar-refractivity contribution in [2.45, 2.75) is 38.1 Å². The lowest BCUT2D eigenvalue weighted by atomic mass is 10.0. The lowest BCUT2D eigenvalue weighted by Gasteiger charge is -2.35. The number of nitrogens with one attached hydrogen (secondary N) is 1. The Bertz CT molecular complexity index is 586. The number of hydrogen-bond donors (Lipinski definition) is 1. The first-order valence-corrected chi connectivity index (χ1v) is 10.4. The van der Waals surface area contributed by atoms with E-state index in [-0.39, 0.29) is 5.91 Å². The van der Waals surface area contributed by atoms with Crippen molar-refractivity contribution in [2.75, 3.05) is 38.6 Å². The molecule has 0 radical (unpaired) electrons. The Hall–Kier alpha value is -1.24. The molecule has 0 aromatic heterocycles. The molecule has 25 heavy (non-hydrogen) atoms. The van der Waals surface area contributed by atoms with Crippen LogP contribution in [0.1, 0.15) is 37.6 Å². The van der Waals surface area contributed by atoms with Crippen molar-refractivity contribution in [3.05, 3.63) is 29.8 Å². The van der Waals surface area contributed by atoms with Gasteiger partial charge in [-0.2, -0.15) is 0 Å². The normalized spacial score (nSPS) is 18.1. The molecular formula is C19H30N2O3S. The predicted octanol–water partition coefficient (Wildman–Crippen LogP) is 2.29. The third-order valence-corrected chi connectivity index (χ3v) is 5.81. The molecule has 1 aromatic carbocycles. The Morgan fingerprint density at radius 3 is 2.60 bits per heavy atom. The number of morpholine rings is 1. The molecule has 1 aliphatic rings. The van der Waals surface area contributed by atoms with Crippen molar-refractivity contribution in [1.82, 2.24) is 10.2 Å². The van der Waals surface area contributed by atoms with E-state index in [1.54, 1.807) is 12.1 Å². The summed E-state index contributed by atoms with van der Waals surface area (Å²) in [5.74, 6) is 0.928. The Morgan fingerprint density at radius 2 is 1.96 bits per heavy atom. The quantitative estimate of drug-likeness (QED) is 0.767. The predicted molar refractivity (Wildman–Crippen MR) is 101 cm³/mol. The maximum absolute atomic E-state index is 12.7. The summed E-state index contributed by atoms with van der Waals surface area (Å²) < 4.78 is 17.6. The second kappa shape index (κ2) is 10.0. The Morgan fingerprint density at radius 1 is 1.28 bits per heavy atom. The van der Waals surface area contributed by atoms with Crippen molar-refractivity contribution in [2.24, 2.45) is 5.92 Å². The fourth-order valence-electron chi connectivity index (χ4n) is 3.16. The van der Waals surface area contributed by atoms with Gasteiger partial charge in [0.15, 0.2) is 0 Å². The number of carbonyl (C=O) groups excluding carboxylic acids is 1. The molecule has 2 atom stereocenters. The summed E-state index contributed by atoms with van der Waals surface area (Å²) in [5, 5.41) is 3.07. The van der Waals surface area contributed by atoms with Gasteiger partial charge in [-0.05, 0) is 24.5 Å². The van der Waals surface area contributed by atoms with Gasteiger partial charge in [0.05, 0.1) is 34.5 Å². The van der Waals surface area contributed by atoms with Gasteiger partial charge in [-0.15, -0.1) is 0 Å². The fraction of sp³-hybridized carbons (Fsp3) is 0.632. The zero-order chi connectivity index (χ0) is 18.2. The number of benzene rings is 1. The lowest BCUT2D eigenvalue weighted by molar-refractivity contribution is 0.0124. The first kappa shape index (κ1) is 20.1. The third kappa shape index (κ3) is 5.90. The molecule has 1 saturated heterocycles. The smallest absolute Gasteiger partial charge is 0.252 e. The van der Waals surface area contributed by atoms with E-state index in [1.165, 1.54) is 0 Å². The molecule has 0 bridgehead atoms. The van der Waals surface area contributed by atoms with Gasteiger partial charge < -0.3 is 10.1 Å². The van der Waals surface area contributed by atoms with E-state index in [2.05, 4.69) is 24.1 Å². The van der Waals surface area contributed by atoms with Gasteiger partial charge in [0.25, 0.3) is 5.91 Å². The zero-order valence-corrected chi connectivity index (χ0v) is 16.3. The first-order valence-electron chi connectivity index (χ1n) is 9.10. The van der Waals surface area contributed by atoms with E-state index in [9.17, 15) is 9.00 Å². The monoisotopic (exact) mass is 366 g/mol. The molecule has 140 valence electrons. The number of ether oxygens (including phenoxy) is 1. The molecule has 5 nitrogen and oxygen atoms in total. The molecule has 1 aromatic rings. The van der Waals surface area contributed by atoms with E-state index in [4.69, 9.17) is 4.74 Å². The van der Waals surface area contributed by atoms with Crippen LogP contribution in [0, 0.1) is 5.92 Å². The third-order valence-electron chi connectivity index (χ3n) is 4.44.